The van der Waals surface area contributed by atoms with Crippen molar-refractivity contribution in [2.75, 3.05) is 0 Å². The Morgan fingerprint density at radius 3 is 2.56 bits per heavy atom. The number of pyridine rings is 1. The second-order valence-electron chi connectivity index (χ2n) is 7.75. The van der Waals surface area contributed by atoms with E-state index in [1.54, 1.807) is 72.5 Å². The Kier molecular flexibility index (Phi) is 4.93. The topological polar surface area (TPSA) is 98.4 Å². The summed E-state index contributed by atoms with van der Waals surface area (Å²) in [5, 5.41) is 11.5. The van der Waals surface area contributed by atoms with Gasteiger partial charge in [0.25, 0.3) is 0 Å². The standard InChI is InChI=1S/C24H18F3N7/c1-14-10-15(23(28)29)7-8-18(14)34-20-6-2-5-19(21(20)22(32-34)24(25,26)27)33-12-17(31-13-33)16-4-3-9-30-11-16/h2-13H,1H3,(H3,28,29). The van der Waals surface area contributed by atoms with E-state index >= 15 is 0 Å². The van der Waals surface area contributed by atoms with Crippen LogP contribution >= 0.6 is 0 Å². The number of halogens is 3. The van der Waals surface area contributed by atoms with Gasteiger partial charge in [-0.05, 0) is 55.0 Å². The number of aromatic nitrogens is 5. The van der Waals surface area contributed by atoms with E-state index in [2.05, 4.69) is 15.1 Å². The first kappa shape index (κ1) is 21.4. The van der Waals surface area contributed by atoms with Crippen molar-refractivity contribution in [1.82, 2.24) is 24.3 Å². The number of amidine groups is 1. The first-order chi connectivity index (χ1) is 16.2. The molecule has 0 bridgehead atoms. The number of nitrogens with zero attached hydrogens (tertiary/aromatic N) is 5. The van der Waals surface area contributed by atoms with Gasteiger partial charge in [0.1, 0.15) is 5.84 Å². The third kappa shape index (κ3) is 3.58. The Hall–Kier alpha value is -4.47. The largest absolute Gasteiger partial charge is 0.435 e. The van der Waals surface area contributed by atoms with Gasteiger partial charge in [0, 0.05) is 29.7 Å². The third-order valence-corrected chi connectivity index (χ3v) is 5.51. The third-order valence-electron chi connectivity index (χ3n) is 5.51. The monoisotopic (exact) mass is 461 g/mol. The number of nitrogen functional groups attached to an aromatic ring is 1. The van der Waals surface area contributed by atoms with Gasteiger partial charge in [-0.1, -0.05) is 6.07 Å². The smallest absolute Gasteiger partial charge is 0.384 e. The molecule has 0 aliphatic carbocycles. The van der Waals surface area contributed by atoms with Crippen molar-refractivity contribution in [2.45, 2.75) is 13.1 Å². The summed E-state index contributed by atoms with van der Waals surface area (Å²) < 4.78 is 45.2. The molecule has 3 heterocycles. The van der Waals surface area contributed by atoms with Crippen LogP contribution in [-0.2, 0) is 6.18 Å². The zero-order valence-corrected chi connectivity index (χ0v) is 17.9. The highest BCUT2D eigenvalue weighted by Gasteiger charge is 2.38. The molecule has 0 saturated carbocycles. The highest BCUT2D eigenvalue weighted by molar-refractivity contribution is 5.96. The Bertz CT molecular complexity index is 1530. The van der Waals surface area contributed by atoms with Crippen molar-refractivity contribution < 1.29 is 13.2 Å². The quantitative estimate of drug-likeness (QED) is 0.294. The van der Waals surface area contributed by atoms with Gasteiger partial charge in [0.15, 0.2) is 5.69 Å². The molecular weight excluding hydrogens is 443 g/mol. The highest BCUT2D eigenvalue weighted by atomic mass is 19.4. The second kappa shape index (κ2) is 7.84. The van der Waals surface area contributed by atoms with Crippen molar-refractivity contribution in [2.24, 2.45) is 5.73 Å². The number of aryl methyl sites for hydroxylation is 1. The molecule has 0 aliphatic heterocycles. The van der Waals surface area contributed by atoms with Gasteiger partial charge in [0.2, 0.25) is 0 Å². The van der Waals surface area contributed by atoms with Crippen molar-refractivity contribution in [3.05, 3.63) is 90.3 Å². The molecule has 0 radical (unpaired) electrons. The van der Waals surface area contributed by atoms with Gasteiger partial charge >= 0.3 is 6.18 Å². The van der Waals surface area contributed by atoms with E-state index in [9.17, 15) is 13.2 Å². The summed E-state index contributed by atoms with van der Waals surface area (Å²) >= 11 is 0. The Balaban J connectivity index is 1.73. The lowest BCUT2D eigenvalue weighted by atomic mass is 10.1. The second-order valence-corrected chi connectivity index (χ2v) is 7.75. The molecule has 7 nitrogen and oxygen atoms in total. The number of hydrogen-bond acceptors (Lipinski definition) is 4. The van der Waals surface area contributed by atoms with Gasteiger partial charge in [-0.15, -0.1) is 0 Å². The zero-order valence-electron chi connectivity index (χ0n) is 17.9. The number of imidazole rings is 1. The summed E-state index contributed by atoms with van der Waals surface area (Å²) in [4.78, 5) is 8.42. The normalized spacial score (nSPS) is 11.8. The number of nitrogens with one attached hydrogen (secondary N) is 1. The minimum absolute atomic E-state index is 0.0415. The molecule has 0 atom stereocenters. The maximum atomic E-state index is 14.1. The summed E-state index contributed by atoms with van der Waals surface area (Å²) in [6, 6.07) is 13.3. The average Bonchev–Trinajstić information content (AvgIpc) is 3.45. The molecule has 34 heavy (non-hydrogen) atoms. The molecule has 3 aromatic heterocycles. The number of rotatable bonds is 4. The van der Waals surface area contributed by atoms with Gasteiger partial charge in [-0.2, -0.15) is 18.3 Å². The number of hydrogen-bond donors (Lipinski definition) is 2. The van der Waals surface area contributed by atoms with Gasteiger partial charge in [-0.3, -0.25) is 10.4 Å². The Labute approximate surface area is 191 Å². The molecule has 0 unspecified atom stereocenters. The van der Waals surface area contributed by atoms with Crippen LogP contribution in [0.4, 0.5) is 13.2 Å². The van der Waals surface area contributed by atoms with Crippen molar-refractivity contribution in [3.63, 3.8) is 0 Å². The Morgan fingerprint density at radius 2 is 1.88 bits per heavy atom. The maximum absolute atomic E-state index is 14.1. The highest BCUT2D eigenvalue weighted by Crippen LogP contribution is 2.38. The van der Waals surface area contributed by atoms with E-state index in [1.807, 2.05) is 6.07 Å². The zero-order chi connectivity index (χ0) is 24.0. The number of fused-ring (bicyclic) bond motifs is 1. The molecule has 170 valence electrons. The van der Waals surface area contributed by atoms with Crippen LogP contribution in [0.2, 0.25) is 0 Å². The number of nitrogens with two attached hydrogens (primary N) is 1. The predicted octanol–water partition coefficient (Wildman–Crippen LogP) is 4.88. The summed E-state index contributed by atoms with van der Waals surface area (Å²) in [6.45, 7) is 1.74. The lowest BCUT2D eigenvalue weighted by Gasteiger charge is -2.10. The van der Waals surface area contributed by atoms with Crippen LogP contribution in [0.1, 0.15) is 16.8 Å². The minimum atomic E-state index is -4.68. The molecule has 5 aromatic rings. The fourth-order valence-electron chi connectivity index (χ4n) is 3.93. The lowest BCUT2D eigenvalue weighted by molar-refractivity contribution is -0.140. The Morgan fingerprint density at radius 1 is 1.06 bits per heavy atom. The fourth-order valence-corrected chi connectivity index (χ4v) is 3.93. The van der Waals surface area contributed by atoms with E-state index in [-0.39, 0.29) is 11.2 Å². The fraction of sp³-hybridized carbons (Fsp3) is 0.0833. The maximum Gasteiger partial charge on any atom is 0.435 e. The summed E-state index contributed by atoms with van der Waals surface area (Å²) in [5.41, 5.74) is 8.07. The molecule has 5 rings (SSSR count). The SMILES string of the molecule is Cc1cc(C(=N)N)ccc1-n1nc(C(F)(F)F)c2c(-n3cnc(-c4cccnc4)c3)cccc21. The molecule has 0 saturated heterocycles. The van der Waals surface area contributed by atoms with Crippen LogP contribution in [0.3, 0.4) is 0 Å². The summed E-state index contributed by atoms with van der Waals surface area (Å²) in [6.07, 6.45) is 1.73. The van der Waals surface area contributed by atoms with Gasteiger partial charge in [0.05, 0.1) is 34.3 Å². The molecule has 3 N–H and O–H groups in total. The van der Waals surface area contributed by atoms with E-state index in [0.29, 0.717) is 33.7 Å². The van der Waals surface area contributed by atoms with Crippen LogP contribution < -0.4 is 5.73 Å². The number of alkyl halides is 3. The predicted molar refractivity (Wildman–Crippen MR) is 122 cm³/mol. The van der Waals surface area contributed by atoms with Crippen LogP contribution in [-0.4, -0.2) is 30.2 Å². The first-order valence-corrected chi connectivity index (χ1v) is 10.2. The molecule has 10 heteroatoms. The van der Waals surface area contributed by atoms with Gasteiger partial charge < -0.3 is 10.3 Å². The molecule has 0 amide bonds. The molecular formula is C24H18F3N7. The van der Waals surface area contributed by atoms with E-state index < -0.39 is 11.9 Å². The lowest BCUT2D eigenvalue weighted by Crippen LogP contribution is -2.12. The number of benzene rings is 2. The van der Waals surface area contributed by atoms with E-state index in [1.165, 1.54) is 11.0 Å². The van der Waals surface area contributed by atoms with E-state index in [4.69, 9.17) is 11.1 Å². The molecule has 2 aromatic carbocycles. The minimum Gasteiger partial charge on any atom is -0.384 e. The van der Waals surface area contributed by atoms with Crippen molar-refractivity contribution >= 4 is 16.7 Å². The summed E-state index contributed by atoms with van der Waals surface area (Å²) in [7, 11) is 0. The molecule has 0 fully saturated rings. The molecule has 0 aliphatic rings. The van der Waals surface area contributed by atoms with Crippen LogP contribution in [0.15, 0.2) is 73.4 Å². The van der Waals surface area contributed by atoms with Crippen molar-refractivity contribution in [1.29, 1.82) is 5.41 Å². The average molecular weight is 461 g/mol. The van der Waals surface area contributed by atoms with Crippen LogP contribution in [0, 0.1) is 12.3 Å². The molecule has 0 spiro atoms. The van der Waals surface area contributed by atoms with Gasteiger partial charge in [-0.25, -0.2) is 9.67 Å². The van der Waals surface area contributed by atoms with Crippen LogP contribution in [0.25, 0.3) is 33.5 Å². The summed E-state index contributed by atoms with van der Waals surface area (Å²) in [5.74, 6) is -0.122. The van der Waals surface area contributed by atoms with E-state index in [0.717, 1.165) is 5.56 Å². The van der Waals surface area contributed by atoms with Crippen molar-refractivity contribution in [3.8, 4) is 22.6 Å². The van der Waals surface area contributed by atoms with Crippen LogP contribution in [0.5, 0.6) is 0 Å². The first-order valence-electron chi connectivity index (χ1n) is 10.2.